The smallest absolute Gasteiger partial charge is 0.273 e. The maximum atomic E-state index is 14.9. The number of hydrogen-bond acceptors (Lipinski definition) is 8. The van der Waals surface area contributed by atoms with Gasteiger partial charge in [0, 0.05) is 48.4 Å². The molecule has 12 heteroatoms. The fourth-order valence-electron chi connectivity index (χ4n) is 4.24. The van der Waals surface area contributed by atoms with E-state index in [1.807, 2.05) is 17.1 Å². The summed E-state index contributed by atoms with van der Waals surface area (Å²) >= 11 is 0. The molecule has 1 fully saturated rings. The molecule has 11 nitrogen and oxygen atoms in total. The van der Waals surface area contributed by atoms with Crippen molar-refractivity contribution in [3.05, 3.63) is 35.0 Å². The molecule has 2 amide bonds. The van der Waals surface area contributed by atoms with Crippen LogP contribution in [-0.4, -0.2) is 50.8 Å². The number of pyridine rings is 1. The maximum Gasteiger partial charge on any atom is 0.273 e. The largest absolute Gasteiger partial charge is 0.364 e. The van der Waals surface area contributed by atoms with E-state index >= 15 is 0 Å². The lowest BCUT2D eigenvalue weighted by atomic mass is 9.95. The highest BCUT2D eigenvalue weighted by Crippen LogP contribution is 2.48. The lowest BCUT2D eigenvalue weighted by molar-refractivity contribution is -0.117. The standard InChI is InChI=1S/C23H26FN9O2/c1-10-8-13-17-16(20(24)33(5)31-17)11(2)32(4)19(13)21(26-10)27-14-9-15(28-22(34)12-6-7-12)29-30-18(14)23(35)25-3/h8-9,11-12H,6-7H2,1-5H3,(H,25,35)(H2,26,27,28,29,34)/t11-/m0/s1/i3D3. The van der Waals surface area contributed by atoms with Gasteiger partial charge in [-0.1, -0.05) is 0 Å². The molecule has 3 N–H and O–H groups in total. The minimum absolute atomic E-state index is 0.0761. The molecule has 4 heterocycles. The number of amides is 2. The highest BCUT2D eigenvalue weighted by atomic mass is 19.1. The van der Waals surface area contributed by atoms with Crippen molar-refractivity contribution < 1.29 is 18.1 Å². The molecule has 182 valence electrons. The average Bonchev–Trinajstić information content (AvgIpc) is 3.62. The van der Waals surface area contributed by atoms with Crippen molar-refractivity contribution in [2.24, 2.45) is 13.0 Å². The maximum absolute atomic E-state index is 14.9. The van der Waals surface area contributed by atoms with Gasteiger partial charge in [-0.05, 0) is 32.8 Å². The second-order valence-electron chi connectivity index (χ2n) is 8.81. The zero-order valence-electron chi connectivity index (χ0n) is 22.6. The molecule has 0 bridgehead atoms. The Kier molecular flexibility index (Phi) is 4.56. The number of nitrogens with one attached hydrogen (secondary N) is 3. The number of anilines is 4. The Labute approximate surface area is 205 Å². The van der Waals surface area contributed by atoms with Crippen LogP contribution in [0.15, 0.2) is 12.1 Å². The molecule has 5 rings (SSSR count). The highest BCUT2D eigenvalue weighted by molar-refractivity contribution is 6.00. The summed E-state index contributed by atoms with van der Waals surface area (Å²) in [5.74, 6) is -1.34. The minimum atomic E-state index is -2.76. The van der Waals surface area contributed by atoms with E-state index in [-0.39, 0.29) is 29.0 Å². The zero-order chi connectivity index (χ0) is 27.5. The minimum Gasteiger partial charge on any atom is -0.364 e. The van der Waals surface area contributed by atoms with Crippen LogP contribution in [-0.2, 0) is 11.8 Å². The summed E-state index contributed by atoms with van der Waals surface area (Å²) in [5, 5.41) is 19.9. The molecule has 1 aliphatic heterocycles. The summed E-state index contributed by atoms with van der Waals surface area (Å²) in [6.07, 6.45) is 1.56. The van der Waals surface area contributed by atoms with Crippen LogP contribution in [0.1, 0.15) is 51.7 Å². The van der Waals surface area contributed by atoms with E-state index in [9.17, 15) is 14.0 Å². The first-order valence-electron chi connectivity index (χ1n) is 12.6. The molecule has 0 saturated heterocycles. The van der Waals surface area contributed by atoms with E-state index in [2.05, 4.69) is 30.9 Å². The van der Waals surface area contributed by atoms with Gasteiger partial charge in [-0.25, -0.2) is 9.67 Å². The number of halogens is 1. The third kappa shape index (κ3) is 3.84. The number of carbonyl (C=O) groups is 2. The summed E-state index contributed by atoms with van der Waals surface area (Å²) in [7, 11) is 3.32. The van der Waals surface area contributed by atoms with Crippen molar-refractivity contribution in [2.45, 2.75) is 32.7 Å². The van der Waals surface area contributed by atoms with Gasteiger partial charge in [0.2, 0.25) is 11.9 Å². The summed E-state index contributed by atoms with van der Waals surface area (Å²) in [6, 6.07) is 2.80. The summed E-state index contributed by atoms with van der Waals surface area (Å²) in [6.45, 7) is 0.840. The van der Waals surface area contributed by atoms with Gasteiger partial charge in [0.25, 0.3) is 5.91 Å². The van der Waals surface area contributed by atoms with Crippen LogP contribution < -0.4 is 20.9 Å². The van der Waals surface area contributed by atoms with Crippen LogP contribution in [0.3, 0.4) is 0 Å². The Balaban J connectivity index is 1.61. The topological polar surface area (TPSA) is 130 Å². The Morgan fingerprint density at radius 2 is 2.00 bits per heavy atom. The lowest BCUT2D eigenvalue weighted by Crippen LogP contribution is -2.28. The van der Waals surface area contributed by atoms with Crippen molar-refractivity contribution in [2.75, 3.05) is 29.6 Å². The fraction of sp³-hybridized carbons (Fsp3) is 0.391. The monoisotopic (exact) mass is 482 g/mol. The SMILES string of the molecule is [2H]C([2H])([2H])NC(=O)c1nnc(NC(=O)C2CC2)cc1Nc1nc(C)cc2c1N(C)[C@@H](C)c1c-2nn(C)c1F. The molecule has 0 spiro atoms. The number of fused-ring (bicyclic) bond motifs is 3. The highest BCUT2D eigenvalue weighted by Gasteiger charge is 2.35. The number of aryl methyl sites for hydroxylation is 2. The Bertz CT molecular complexity index is 1470. The van der Waals surface area contributed by atoms with Gasteiger partial charge in [-0.3, -0.25) is 9.59 Å². The van der Waals surface area contributed by atoms with Crippen LogP contribution in [0, 0.1) is 18.8 Å². The van der Waals surface area contributed by atoms with Crippen molar-refractivity contribution in [3.63, 3.8) is 0 Å². The third-order valence-electron chi connectivity index (χ3n) is 6.31. The van der Waals surface area contributed by atoms with Crippen LogP contribution in [0.4, 0.5) is 27.4 Å². The normalized spacial score (nSPS) is 18.0. The van der Waals surface area contributed by atoms with Crippen molar-refractivity contribution in [1.82, 2.24) is 30.3 Å². The number of aromatic nitrogens is 5. The predicted octanol–water partition coefficient (Wildman–Crippen LogP) is 2.68. The Hall–Kier alpha value is -4.09. The summed E-state index contributed by atoms with van der Waals surface area (Å²) < 4.78 is 38.3. The Morgan fingerprint density at radius 1 is 1.23 bits per heavy atom. The predicted molar refractivity (Wildman–Crippen MR) is 128 cm³/mol. The zero-order valence-corrected chi connectivity index (χ0v) is 19.6. The van der Waals surface area contributed by atoms with Gasteiger partial charge in [-0.2, -0.15) is 9.49 Å². The van der Waals surface area contributed by atoms with E-state index in [1.54, 1.807) is 20.0 Å². The van der Waals surface area contributed by atoms with Gasteiger partial charge < -0.3 is 20.9 Å². The number of nitrogens with zero attached hydrogens (tertiary/aromatic N) is 6. The van der Waals surface area contributed by atoms with E-state index in [1.165, 1.54) is 17.8 Å². The third-order valence-corrected chi connectivity index (χ3v) is 6.31. The van der Waals surface area contributed by atoms with Gasteiger partial charge in [0.1, 0.15) is 5.69 Å². The van der Waals surface area contributed by atoms with Crippen LogP contribution in [0.2, 0.25) is 0 Å². The van der Waals surface area contributed by atoms with E-state index < -0.39 is 24.9 Å². The van der Waals surface area contributed by atoms with Crippen LogP contribution in [0.5, 0.6) is 0 Å². The van der Waals surface area contributed by atoms with E-state index in [4.69, 9.17) is 4.11 Å². The van der Waals surface area contributed by atoms with Crippen molar-refractivity contribution >= 4 is 34.8 Å². The quantitative estimate of drug-likeness (QED) is 0.506. The fourth-order valence-corrected chi connectivity index (χ4v) is 4.24. The second kappa shape index (κ2) is 8.29. The molecule has 1 atom stereocenters. The molecule has 1 saturated carbocycles. The Morgan fingerprint density at radius 3 is 2.71 bits per heavy atom. The molecule has 3 aromatic heterocycles. The molecule has 1 aliphatic carbocycles. The van der Waals surface area contributed by atoms with Crippen LogP contribution in [0.25, 0.3) is 11.3 Å². The first-order chi connectivity index (χ1) is 17.8. The average molecular weight is 483 g/mol. The van der Waals surface area contributed by atoms with Gasteiger partial charge in [-0.15, -0.1) is 10.2 Å². The molecule has 0 unspecified atom stereocenters. The molecule has 2 aliphatic rings. The second-order valence-corrected chi connectivity index (χ2v) is 8.81. The van der Waals surface area contributed by atoms with Gasteiger partial charge in [0.15, 0.2) is 17.3 Å². The molecular weight excluding hydrogens is 453 g/mol. The molecule has 0 radical (unpaired) electrons. The lowest BCUT2D eigenvalue weighted by Gasteiger charge is -2.34. The molecule has 3 aromatic rings. The van der Waals surface area contributed by atoms with E-state index in [0.29, 0.717) is 34.0 Å². The number of hydrogen-bond donors (Lipinski definition) is 3. The van der Waals surface area contributed by atoms with Gasteiger partial charge in [0.05, 0.1) is 23.0 Å². The first kappa shape index (κ1) is 19.2. The summed E-state index contributed by atoms with van der Waals surface area (Å²) in [5.41, 5.74) is 2.51. The van der Waals surface area contributed by atoms with Crippen molar-refractivity contribution in [1.29, 1.82) is 0 Å². The first-order valence-corrected chi connectivity index (χ1v) is 11.1. The summed E-state index contributed by atoms with van der Waals surface area (Å²) in [4.78, 5) is 31.6. The van der Waals surface area contributed by atoms with Crippen molar-refractivity contribution in [3.8, 4) is 11.3 Å². The number of rotatable bonds is 5. The number of carbonyl (C=O) groups excluding carboxylic acids is 2. The molecule has 0 aromatic carbocycles. The van der Waals surface area contributed by atoms with E-state index in [0.717, 1.165) is 12.8 Å². The van der Waals surface area contributed by atoms with Crippen LogP contribution >= 0.6 is 0 Å². The molecule has 35 heavy (non-hydrogen) atoms. The molecular formula is C23H26FN9O2. The van der Waals surface area contributed by atoms with Gasteiger partial charge >= 0.3 is 0 Å².